The van der Waals surface area contributed by atoms with Crippen LogP contribution in [0.15, 0.2) is 71.3 Å². The number of amides is 3. The van der Waals surface area contributed by atoms with Gasteiger partial charge in [0.05, 0.1) is 18.5 Å². The number of anilines is 1. The summed E-state index contributed by atoms with van der Waals surface area (Å²) < 4.78 is 20.1. The molecule has 0 saturated heterocycles. The molecule has 182 valence electrons. The van der Waals surface area contributed by atoms with Crippen molar-refractivity contribution in [3.8, 4) is 0 Å². The SMILES string of the molecule is Cc1ccccc1[C@H](C(=O)NC1CCCC1)N(C(=O)CNC(=O)c1ccco1)c1ccccc1F. The van der Waals surface area contributed by atoms with Crippen LogP contribution in [0.25, 0.3) is 0 Å². The molecule has 0 radical (unpaired) electrons. The summed E-state index contributed by atoms with van der Waals surface area (Å²) in [6, 6.07) is 14.9. The van der Waals surface area contributed by atoms with Crippen LogP contribution < -0.4 is 15.5 Å². The molecule has 1 aliphatic rings. The van der Waals surface area contributed by atoms with Gasteiger partial charge in [0, 0.05) is 6.04 Å². The Balaban J connectivity index is 1.71. The molecule has 35 heavy (non-hydrogen) atoms. The van der Waals surface area contributed by atoms with Crippen LogP contribution in [0.5, 0.6) is 0 Å². The van der Waals surface area contributed by atoms with E-state index >= 15 is 4.39 Å². The zero-order valence-electron chi connectivity index (χ0n) is 19.5. The molecular weight excluding hydrogens is 449 g/mol. The molecule has 7 nitrogen and oxygen atoms in total. The van der Waals surface area contributed by atoms with Gasteiger partial charge in [0.2, 0.25) is 11.8 Å². The highest BCUT2D eigenvalue weighted by atomic mass is 19.1. The predicted octanol–water partition coefficient (Wildman–Crippen LogP) is 4.29. The molecular formula is C27H28FN3O4. The lowest BCUT2D eigenvalue weighted by Crippen LogP contribution is -2.49. The molecule has 4 rings (SSSR count). The van der Waals surface area contributed by atoms with Gasteiger partial charge in [0.15, 0.2) is 5.76 Å². The summed E-state index contributed by atoms with van der Waals surface area (Å²) >= 11 is 0. The number of furan rings is 1. The minimum absolute atomic E-state index is 0.00486. The van der Waals surface area contributed by atoms with Crippen molar-refractivity contribution in [2.75, 3.05) is 11.4 Å². The van der Waals surface area contributed by atoms with E-state index in [4.69, 9.17) is 4.42 Å². The first-order chi connectivity index (χ1) is 17.0. The van der Waals surface area contributed by atoms with Crippen molar-refractivity contribution < 1.29 is 23.2 Å². The lowest BCUT2D eigenvalue weighted by atomic mass is 9.97. The van der Waals surface area contributed by atoms with Gasteiger partial charge in [-0.25, -0.2) is 4.39 Å². The van der Waals surface area contributed by atoms with Gasteiger partial charge in [0.1, 0.15) is 11.9 Å². The molecule has 1 saturated carbocycles. The van der Waals surface area contributed by atoms with Gasteiger partial charge in [-0.15, -0.1) is 0 Å². The van der Waals surface area contributed by atoms with Crippen LogP contribution >= 0.6 is 0 Å². The van der Waals surface area contributed by atoms with E-state index in [0.717, 1.165) is 36.1 Å². The van der Waals surface area contributed by atoms with Crippen molar-refractivity contribution >= 4 is 23.4 Å². The van der Waals surface area contributed by atoms with Crippen molar-refractivity contribution in [3.05, 3.63) is 89.6 Å². The molecule has 1 atom stereocenters. The van der Waals surface area contributed by atoms with Gasteiger partial charge in [-0.05, 0) is 55.2 Å². The first-order valence-electron chi connectivity index (χ1n) is 11.7. The van der Waals surface area contributed by atoms with E-state index in [-0.39, 0.29) is 23.4 Å². The molecule has 0 bridgehead atoms. The minimum Gasteiger partial charge on any atom is -0.459 e. The van der Waals surface area contributed by atoms with Crippen LogP contribution in [0.4, 0.5) is 10.1 Å². The quantitative estimate of drug-likeness (QED) is 0.506. The molecule has 0 aliphatic heterocycles. The molecule has 0 unspecified atom stereocenters. The van der Waals surface area contributed by atoms with Gasteiger partial charge in [-0.2, -0.15) is 0 Å². The van der Waals surface area contributed by atoms with E-state index < -0.39 is 30.2 Å². The molecule has 2 aromatic carbocycles. The lowest BCUT2D eigenvalue weighted by molar-refractivity contribution is -0.126. The van der Waals surface area contributed by atoms with E-state index in [2.05, 4.69) is 10.6 Å². The van der Waals surface area contributed by atoms with Crippen molar-refractivity contribution in [2.24, 2.45) is 0 Å². The zero-order valence-corrected chi connectivity index (χ0v) is 19.5. The zero-order chi connectivity index (χ0) is 24.8. The van der Waals surface area contributed by atoms with Crippen LogP contribution in [-0.4, -0.2) is 30.3 Å². The fourth-order valence-electron chi connectivity index (χ4n) is 4.44. The van der Waals surface area contributed by atoms with Crippen molar-refractivity contribution in [1.29, 1.82) is 0 Å². The fraction of sp³-hybridized carbons (Fsp3) is 0.296. The van der Waals surface area contributed by atoms with Crippen LogP contribution in [0.1, 0.15) is 53.4 Å². The molecule has 8 heteroatoms. The monoisotopic (exact) mass is 477 g/mol. The molecule has 0 spiro atoms. The standard InChI is InChI=1S/C27H28FN3O4/c1-18-9-2-5-12-20(18)25(27(34)30-19-10-3-4-11-19)31(22-14-7-6-13-21(22)28)24(32)17-29-26(33)23-15-8-16-35-23/h2,5-9,12-16,19,25H,3-4,10-11,17H2,1H3,(H,29,33)(H,30,34)/t25-/m1/s1. The normalized spacial score (nSPS) is 14.3. The van der Waals surface area contributed by atoms with Gasteiger partial charge < -0.3 is 15.1 Å². The van der Waals surface area contributed by atoms with Crippen molar-refractivity contribution in [2.45, 2.75) is 44.7 Å². The van der Waals surface area contributed by atoms with Crippen molar-refractivity contribution in [1.82, 2.24) is 10.6 Å². The van der Waals surface area contributed by atoms with Gasteiger partial charge >= 0.3 is 0 Å². The van der Waals surface area contributed by atoms with Crippen LogP contribution in [-0.2, 0) is 9.59 Å². The number of hydrogen-bond acceptors (Lipinski definition) is 4. The predicted molar refractivity (Wildman–Crippen MR) is 129 cm³/mol. The van der Waals surface area contributed by atoms with Crippen LogP contribution in [0.2, 0.25) is 0 Å². The molecule has 1 fully saturated rings. The maximum absolute atomic E-state index is 15.0. The number of carbonyl (C=O) groups excluding carboxylic acids is 3. The summed E-state index contributed by atoms with van der Waals surface area (Å²) in [7, 11) is 0. The first-order valence-corrected chi connectivity index (χ1v) is 11.7. The topological polar surface area (TPSA) is 91.7 Å². The number of hydrogen-bond donors (Lipinski definition) is 2. The summed E-state index contributed by atoms with van der Waals surface area (Å²) in [6.07, 6.45) is 5.12. The highest BCUT2D eigenvalue weighted by Crippen LogP contribution is 2.32. The van der Waals surface area contributed by atoms with E-state index in [0.29, 0.717) is 5.56 Å². The maximum atomic E-state index is 15.0. The smallest absolute Gasteiger partial charge is 0.287 e. The number of halogens is 1. The van der Waals surface area contributed by atoms with Gasteiger partial charge in [0.25, 0.3) is 5.91 Å². The average molecular weight is 478 g/mol. The van der Waals surface area contributed by atoms with E-state index in [1.165, 1.54) is 30.5 Å². The van der Waals surface area contributed by atoms with Crippen LogP contribution in [0, 0.1) is 12.7 Å². The maximum Gasteiger partial charge on any atom is 0.287 e. The minimum atomic E-state index is -1.12. The summed E-state index contributed by atoms with van der Waals surface area (Å²) in [5.41, 5.74) is 1.32. The van der Waals surface area contributed by atoms with Crippen LogP contribution in [0.3, 0.4) is 0 Å². The summed E-state index contributed by atoms with van der Waals surface area (Å²) in [4.78, 5) is 40.8. The van der Waals surface area contributed by atoms with E-state index in [9.17, 15) is 14.4 Å². The second kappa shape index (κ2) is 11.0. The molecule has 2 N–H and O–H groups in total. The Morgan fingerprint density at radius 3 is 2.43 bits per heavy atom. The number of nitrogens with zero attached hydrogens (tertiary/aromatic N) is 1. The lowest BCUT2D eigenvalue weighted by Gasteiger charge is -2.33. The van der Waals surface area contributed by atoms with E-state index in [1.807, 2.05) is 19.1 Å². The second-order valence-electron chi connectivity index (χ2n) is 8.62. The highest BCUT2D eigenvalue weighted by Gasteiger charge is 2.36. The second-order valence-corrected chi connectivity index (χ2v) is 8.62. The molecule has 3 aromatic rings. The number of para-hydroxylation sites is 1. The number of aryl methyl sites for hydroxylation is 1. The number of rotatable bonds is 8. The Morgan fingerprint density at radius 2 is 1.74 bits per heavy atom. The molecule has 3 amide bonds. The largest absolute Gasteiger partial charge is 0.459 e. The van der Waals surface area contributed by atoms with Crippen molar-refractivity contribution in [3.63, 3.8) is 0 Å². The third-order valence-electron chi connectivity index (χ3n) is 6.22. The van der Waals surface area contributed by atoms with Gasteiger partial charge in [-0.1, -0.05) is 49.2 Å². The Hall–Kier alpha value is -3.94. The van der Waals surface area contributed by atoms with Gasteiger partial charge in [-0.3, -0.25) is 19.3 Å². The average Bonchev–Trinajstić information content (AvgIpc) is 3.57. The Morgan fingerprint density at radius 1 is 1.03 bits per heavy atom. The summed E-state index contributed by atoms with van der Waals surface area (Å²) in [5, 5.41) is 5.57. The third kappa shape index (κ3) is 5.59. The first kappa shape index (κ1) is 24.2. The summed E-state index contributed by atoms with van der Waals surface area (Å²) in [6.45, 7) is 1.39. The molecule has 1 heterocycles. The summed E-state index contributed by atoms with van der Waals surface area (Å²) in [5.74, 6) is -2.21. The highest BCUT2D eigenvalue weighted by molar-refractivity contribution is 6.04. The molecule has 1 aliphatic carbocycles. The number of carbonyl (C=O) groups is 3. The Kier molecular flexibility index (Phi) is 7.60. The number of nitrogens with one attached hydrogen (secondary N) is 2. The third-order valence-corrected chi connectivity index (χ3v) is 6.22. The Bertz CT molecular complexity index is 1190. The fourth-order valence-corrected chi connectivity index (χ4v) is 4.44. The Labute approximate surface area is 203 Å². The molecule has 1 aromatic heterocycles. The number of benzene rings is 2. The van der Waals surface area contributed by atoms with E-state index in [1.54, 1.807) is 24.3 Å².